The van der Waals surface area contributed by atoms with Crippen LogP contribution in [-0.4, -0.2) is 16.9 Å². The number of aryl methyl sites for hydroxylation is 1. The molecule has 1 saturated heterocycles. The Morgan fingerprint density at radius 3 is 2.35 bits per heavy atom. The lowest BCUT2D eigenvalue weighted by molar-refractivity contribution is -0.122. The topological polar surface area (TPSA) is 58.6 Å². The van der Waals surface area contributed by atoms with Gasteiger partial charge in [0.1, 0.15) is 17.9 Å². The molecule has 1 heterocycles. The van der Waals surface area contributed by atoms with Crippen LogP contribution in [0.3, 0.4) is 0 Å². The van der Waals surface area contributed by atoms with Gasteiger partial charge in [0.2, 0.25) is 0 Å². The molecule has 2 amide bonds. The second kappa shape index (κ2) is 10.4. The molecular weight excluding hydrogens is 491 g/mol. The van der Waals surface area contributed by atoms with Crippen molar-refractivity contribution in [1.29, 1.82) is 0 Å². The van der Waals surface area contributed by atoms with Gasteiger partial charge in [-0.15, -0.1) is 0 Å². The first kappa shape index (κ1) is 24.0. The Kier molecular flexibility index (Phi) is 7.32. The van der Waals surface area contributed by atoms with Crippen LogP contribution in [0.1, 0.15) is 23.6 Å². The van der Waals surface area contributed by atoms with Crippen LogP contribution < -0.4 is 15.0 Å². The maximum absolute atomic E-state index is 13.2. The van der Waals surface area contributed by atoms with E-state index in [0.717, 1.165) is 17.5 Å². The average molecular weight is 511 g/mol. The van der Waals surface area contributed by atoms with Gasteiger partial charge in [-0.25, -0.2) is 0 Å². The number of hydrogen-bond acceptors (Lipinski definition) is 4. The highest BCUT2D eigenvalue weighted by Gasteiger charge is 2.34. The van der Waals surface area contributed by atoms with Gasteiger partial charge in [0, 0.05) is 15.6 Å². The zero-order valence-electron chi connectivity index (χ0n) is 18.2. The second-order valence-corrected chi connectivity index (χ2v) is 8.80. The smallest absolute Gasteiger partial charge is 0.270 e. The van der Waals surface area contributed by atoms with E-state index in [0.29, 0.717) is 27.0 Å². The molecule has 1 aliphatic heterocycles. The van der Waals surface area contributed by atoms with Crippen LogP contribution in [0.2, 0.25) is 10.0 Å². The SMILES string of the molecule is CCc1ccc(N2C(=O)/C(=C/c3ccc(OCc4ccc(Cl)cc4Cl)cc3)C(=O)NC2=S)cc1. The molecule has 34 heavy (non-hydrogen) atoms. The van der Waals surface area contributed by atoms with Crippen molar-refractivity contribution >= 4 is 64.1 Å². The number of nitrogens with one attached hydrogen (secondary N) is 1. The number of hydrogen-bond donors (Lipinski definition) is 1. The third-order valence-corrected chi connectivity index (χ3v) is 6.18. The van der Waals surface area contributed by atoms with Gasteiger partial charge in [-0.1, -0.05) is 60.5 Å². The summed E-state index contributed by atoms with van der Waals surface area (Å²) in [6, 6.07) is 19.8. The van der Waals surface area contributed by atoms with Crippen molar-refractivity contribution in [2.24, 2.45) is 0 Å². The molecule has 0 aliphatic carbocycles. The summed E-state index contributed by atoms with van der Waals surface area (Å²) in [7, 11) is 0. The third-order valence-electron chi connectivity index (χ3n) is 5.31. The molecule has 0 saturated carbocycles. The molecule has 0 spiro atoms. The first-order valence-corrected chi connectivity index (χ1v) is 11.7. The number of anilines is 1. The number of carbonyl (C=O) groups is 2. The van der Waals surface area contributed by atoms with Crippen molar-refractivity contribution in [1.82, 2.24) is 5.32 Å². The molecule has 1 aliphatic rings. The summed E-state index contributed by atoms with van der Waals surface area (Å²) in [5, 5.41) is 3.75. The normalized spacial score (nSPS) is 15.0. The van der Waals surface area contributed by atoms with E-state index in [4.69, 9.17) is 40.2 Å². The third kappa shape index (κ3) is 5.30. The van der Waals surface area contributed by atoms with Gasteiger partial charge in [-0.3, -0.25) is 19.8 Å². The Morgan fingerprint density at radius 1 is 1.00 bits per heavy atom. The van der Waals surface area contributed by atoms with Gasteiger partial charge in [-0.2, -0.15) is 0 Å². The van der Waals surface area contributed by atoms with E-state index < -0.39 is 11.8 Å². The highest BCUT2D eigenvalue weighted by molar-refractivity contribution is 7.80. The summed E-state index contributed by atoms with van der Waals surface area (Å²) in [6.45, 7) is 2.33. The van der Waals surface area contributed by atoms with E-state index in [1.165, 1.54) is 11.0 Å². The van der Waals surface area contributed by atoms with Crippen LogP contribution >= 0.6 is 35.4 Å². The monoisotopic (exact) mass is 510 g/mol. The van der Waals surface area contributed by atoms with Crippen LogP contribution in [0.15, 0.2) is 72.3 Å². The summed E-state index contributed by atoms with van der Waals surface area (Å²) in [6.07, 6.45) is 2.42. The summed E-state index contributed by atoms with van der Waals surface area (Å²) in [4.78, 5) is 27.0. The van der Waals surface area contributed by atoms with Gasteiger partial charge in [0.05, 0.1) is 5.69 Å². The Bertz CT molecular complexity index is 1290. The van der Waals surface area contributed by atoms with Gasteiger partial charge >= 0.3 is 0 Å². The predicted molar refractivity (Wildman–Crippen MR) is 139 cm³/mol. The summed E-state index contributed by atoms with van der Waals surface area (Å²) in [5.74, 6) is -0.392. The van der Waals surface area contributed by atoms with E-state index in [2.05, 4.69) is 12.2 Å². The van der Waals surface area contributed by atoms with Gasteiger partial charge < -0.3 is 4.74 Å². The lowest BCUT2D eigenvalue weighted by Gasteiger charge is -2.29. The van der Waals surface area contributed by atoms with Crippen molar-refractivity contribution in [3.05, 3.63) is 99.0 Å². The summed E-state index contributed by atoms with van der Waals surface area (Å²) < 4.78 is 5.79. The maximum Gasteiger partial charge on any atom is 0.270 e. The van der Waals surface area contributed by atoms with Gasteiger partial charge in [-0.05, 0) is 72.2 Å². The Labute approximate surface area is 212 Å². The van der Waals surface area contributed by atoms with E-state index >= 15 is 0 Å². The van der Waals surface area contributed by atoms with Crippen LogP contribution in [-0.2, 0) is 22.6 Å². The van der Waals surface area contributed by atoms with Crippen LogP contribution in [0.5, 0.6) is 5.75 Å². The molecule has 3 aromatic rings. The number of rotatable bonds is 6. The molecule has 1 N–H and O–H groups in total. The van der Waals surface area contributed by atoms with E-state index in [1.807, 2.05) is 30.3 Å². The fraction of sp³-hybridized carbons (Fsp3) is 0.115. The van der Waals surface area contributed by atoms with Crippen molar-refractivity contribution in [2.45, 2.75) is 20.0 Å². The molecule has 172 valence electrons. The summed E-state index contributed by atoms with van der Waals surface area (Å²) >= 11 is 17.4. The van der Waals surface area contributed by atoms with E-state index in [9.17, 15) is 9.59 Å². The first-order chi connectivity index (χ1) is 16.4. The molecule has 0 aromatic heterocycles. The molecule has 0 bridgehead atoms. The highest BCUT2D eigenvalue weighted by Crippen LogP contribution is 2.25. The summed E-state index contributed by atoms with van der Waals surface area (Å²) in [5.41, 5.74) is 3.21. The molecule has 4 rings (SSSR count). The van der Waals surface area contributed by atoms with Gasteiger partial charge in [0.25, 0.3) is 11.8 Å². The molecule has 0 radical (unpaired) electrons. The number of carbonyl (C=O) groups excluding carboxylic acids is 2. The minimum absolute atomic E-state index is 0.00483. The fourth-order valence-electron chi connectivity index (χ4n) is 3.40. The number of nitrogens with zero attached hydrogens (tertiary/aromatic N) is 1. The lowest BCUT2D eigenvalue weighted by Crippen LogP contribution is -2.54. The fourth-order valence-corrected chi connectivity index (χ4v) is 4.14. The van der Waals surface area contributed by atoms with Crippen molar-refractivity contribution in [2.75, 3.05) is 4.90 Å². The minimum atomic E-state index is -0.533. The van der Waals surface area contributed by atoms with E-state index in [-0.39, 0.29) is 17.3 Å². The van der Waals surface area contributed by atoms with Crippen molar-refractivity contribution in [3.63, 3.8) is 0 Å². The number of ether oxygens (including phenoxy) is 1. The number of thiocarbonyl (C=S) groups is 1. The number of benzene rings is 3. The standard InChI is InChI=1S/C26H20Cl2N2O3S/c1-2-16-3-9-20(10-4-16)30-25(32)22(24(31)29-26(30)34)13-17-5-11-21(12-6-17)33-15-18-7-8-19(27)14-23(18)28/h3-14H,2,15H2,1H3,(H,29,31,34)/b22-13+. The van der Waals surface area contributed by atoms with Crippen LogP contribution in [0, 0.1) is 0 Å². The Morgan fingerprint density at radius 2 is 1.71 bits per heavy atom. The number of halogens is 2. The quantitative estimate of drug-likeness (QED) is 0.252. The zero-order valence-corrected chi connectivity index (χ0v) is 20.5. The molecular formula is C26H20Cl2N2O3S. The molecule has 1 fully saturated rings. The molecule has 8 heteroatoms. The van der Waals surface area contributed by atoms with Crippen molar-refractivity contribution in [3.8, 4) is 5.75 Å². The molecule has 3 aromatic carbocycles. The number of amides is 2. The van der Waals surface area contributed by atoms with Gasteiger partial charge in [0.15, 0.2) is 5.11 Å². The predicted octanol–water partition coefficient (Wildman–Crippen LogP) is 5.97. The second-order valence-electron chi connectivity index (χ2n) is 7.57. The van der Waals surface area contributed by atoms with Crippen molar-refractivity contribution < 1.29 is 14.3 Å². The Hall–Kier alpha value is -3.19. The minimum Gasteiger partial charge on any atom is -0.489 e. The van der Waals surface area contributed by atoms with Crippen LogP contribution in [0.25, 0.3) is 6.08 Å². The largest absolute Gasteiger partial charge is 0.489 e. The zero-order chi connectivity index (χ0) is 24.2. The molecule has 5 nitrogen and oxygen atoms in total. The molecule has 0 unspecified atom stereocenters. The van der Waals surface area contributed by atoms with Crippen LogP contribution in [0.4, 0.5) is 5.69 Å². The maximum atomic E-state index is 13.2. The van der Waals surface area contributed by atoms with E-state index in [1.54, 1.807) is 36.4 Å². The first-order valence-electron chi connectivity index (χ1n) is 10.5. The Balaban J connectivity index is 1.50. The lowest BCUT2D eigenvalue weighted by atomic mass is 10.1. The highest BCUT2D eigenvalue weighted by atomic mass is 35.5. The average Bonchev–Trinajstić information content (AvgIpc) is 2.82. The molecule has 0 atom stereocenters.